The summed E-state index contributed by atoms with van der Waals surface area (Å²) < 4.78 is 5.47. The molecule has 1 aromatic carbocycles. The largest absolute Gasteiger partial charge is 0.491 e. The summed E-state index contributed by atoms with van der Waals surface area (Å²) >= 11 is 4.51. The zero-order valence-electron chi connectivity index (χ0n) is 9.24. The second-order valence-corrected chi connectivity index (χ2v) is 5.37. The predicted molar refractivity (Wildman–Crippen MR) is 64.2 cm³/mol. The summed E-state index contributed by atoms with van der Waals surface area (Å²) in [6, 6.07) is 8.11. The number of hydrogen-bond acceptors (Lipinski definition) is 2. The van der Waals surface area contributed by atoms with E-state index in [2.05, 4.69) is 38.6 Å². The van der Waals surface area contributed by atoms with Crippen molar-refractivity contribution in [3.8, 4) is 5.75 Å². The van der Waals surface area contributed by atoms with E-state index in [4.69, 9.17) is 4.74 Å². The first-order chi connectivity index (χ1) is 6.39. The quantitative estimate of drug-likeness (QED) is 0.749. The monoisotopic (exact) mass is 210 g/mol. The molecule has 0 aliphatic rings. The lowest BCUT2D eigenvalue weighted by atomic mass is 10.0. The Kier molecular flexibility index (Phi) is 3.48. The minimum Gasteiger partial charge on any atom is -0.491 e. The third-order valence-electron chi connectivity index (χ3n) is 1.93. The summed E-state index contributed by atoms with van der Waals surface area (Å²) in [6.45, 7) is 8.20. The van der Waals surface area contributed by atoms with Gasteiger partial charge >= 0.3 is 0 Å². The van der Waals surface area contributed by atoms with E-state index in [1.54, 1.807) is 0 Å². The van der Waals surface area contributed by atoms with Gasteiger partial charge in [0.25, 0.3) is 0 Å². The molecular weight excluding hydrogens is 192 g/mol. The minimum atomic E-state index is -0.0869. The zero-order valence-corrected chi connectivity index (χ0v) is 10.1. The van der Waals surface area contributed by atoms with Gasteiger partial charge in [-0.3, -0.25) is 0 Å². The van der Waals surface area contributed by atoms with Gasteiger partial charge in [0.05, 0.1) is 6.10 Å². The number of rotatable bonds is 3. The topological polar surface area (TPSA) is 9.23 Å². The van der Waals surface area contributed by atoms with E-state index in [-0.39, 0.29) is 10.9 Å². The summed E-state index contributed by atoms with van der Waals surface area (Å²) in [5.41, 5.74) is 1.21. The van der Waals surface area contributed by atoms with E-state index in [1.165, 1.54) is 5.56 Å². The van der Waals surface area contributed by atoms with Crippen molar-refractivity contribution in [1.29, 1.82) is 0 Å². The number of benzene rings is 1. The van der Waals surface area contributed by atoms with Crippen LogP contribution in [-0.4, -0.2) is 6.10 Å². The lowest BCUT2D eigenvalue weighted by molar-refractivity contribution is 0.242. The minimum absolute atomic E-state index is 0.0869. The fourth-order valence-corrected chi connectivity index (χ4v) is 1.36. The van der Waals surface area contributed by atoms with Gasteiger partial charge < -0.3 is 4.74 Å². The second-order valence-electron chi connectivity index (χ2n) is 4.25. The van der Waals surface area contributed by atoms with Crippen LogP contribution in [0, 0.1) is 0 Å². The molecule has 2 heteroatoms. The van der Waals surface area contributed by atoms with Crippen LogP contribution in [0.2, 0.25) is 0 Å². The van der Waals surface area contributed by atoms with Crippen molar-refractivity contribution in [2.45, 2.75) is 38.5 Å². The molecule has 0 aromatic heterocycles. The molecule has 0 fully saturated rings. The van der Waals surface area contributed by atoms with E-state index in [0.29, 0.717) is 0 Å². The van der Waals surface area contributed by atoms with Gasteiger partial charge in [0, 0.05) is 4.75 Å². The van der Waals surface area contributed by atoms with Crippen molar-refractivity contribution < 1.29 is 4.74 Å². The van der Waals surface area contributed by atoms with Crippen molar-refractivity contribution in [3.05, 3.63) is 29.8 Å². The molecule has 0 unspecified atom stereocenters. The Labute approximate surface area is 91.9 Å². The van der Waals surface area contributed by atoms with Crippen LogP contribution in [-0.2, 0) is 4.75 Å². The van der Waals surface area contributed by atoms with E-state index in [1.807, 2.05) is 26.0 Å². The van der Waals surface area contributed by atoms with Crippen molar-refractivity contribution in [2.24, 2.45) is 0 Å². The lowest BCUT2D eigenvalue weighted by Crippen LogP contribution is -2.08. The Hall–Kier alpha value is -0.630. The van der Waals surface area contributed by atoms with Crippen LogP contribution in [0.1, 0.15) is 33.3 Å². The molecule has 0 bridgehead atoms. The first-order valence-electron chi connectivity index (χ1n) is 4.89. The molecule has 0 saturated heterocycles. The van der Waals surface area contributed by atoms with Crippen molar-refractivity contribution in [1.82, 2.24) is 0 Å². The molecule has 0 saturated carbocycles. The summed E-state index contributed by atoms with van der Waals surface area (Å²) in [5, 5.41) is 0. The van der Waals surface area contributed by atoms with Gasteiger partial charge in [-0.1, -0.05) is 12.1 Å². The van der Waals surface area contributed by atoms with Crippen LogP contribution in [0.15, 0.2) is 24.3 Å². The molecule has 0 heterocycles. The highest BCUT2D eigenvalue weighted by Crippen LogP contribution is 2.28. The summed E-state index contributed by atoms with van der Waals surface area (Å²) in [5.74, 6) is 0.918. The van der Waals surface area contributed by atoms with E-state index in [0.717, 1.165) is 5.75 Å². The molecule has 0 aliphatic heterocycles. The summed E-state index contributed by atoms with van der Waals surface area (Å²) in [4.78, 5) is 0. The van der Waals surface area contributed by atoms with Crippen molar-refractivity contribution in [3.63, 3.8) is 0 Å². The fourth-order valence-electron chi connectivity index (χ4n) is 1.21. The Morgan fingerprint density at radius 3 is 2.00 bits per heavy atom. The molecule has 1 nitrogen and oxygen atoms in total. The normalized spacial score (nSPS) is 11.9. The standard InChI is InChI=1S/C12H18OS/c1-9(2)13-11-7-5-10(6-8-11)12(3,4)14/h5-9,14H,1-4H3. The Morgan fingerprint density at radius 2 is 1.64 bits per heavy atom. The second kappa shape index (κ2) is 4.26. The smallest absolute Gasteiger partial charge is 0.119 e. The maximum atomic E-state index is 5.56. The molecule has 1 aromatic rings. The Balaban J connectivity index is 2.79. The molecule has 0 radical (unpaired) electrons. The lowest BCUT2D eigenvalue weighted by Gasteiger charge is -2.18. The molecule has 0 atom stereocenters. The van der Waals surface area contributed by atoms with Crippen LogP contribution >= 0.6 is 12.6 Å². The van der Waals surface area contributed by atoms with Crippen molar-refractivity contribution >= 4 is 12.6 Å². The Morgan fingerprint density at radius 1 is 1.14 bits per heavy atom. The first kappa shape index (κ1) is 11.4. The van der Waals surface area contributed by atoms with E-state index >= 15 is 0 Å². The van der Waals surface area contributed by atoms with Gasteiger partial charge in [-0.05, 0) is 45.4 Å². The molecule has 14 heavy (non-hydrogen) atoms. The van der Waals surface area contributed by atoms with E-state index < -0.39 is 0 Å². The van der Waals surface area contributed by atoms with Crippen LogP contribution in [0.25, 0.3) is 0 Å². The van der Waals surface area contributed by atoms with E-state index in [9.17, 15) is 0 Å². The van der Waals surface area contributed by atoms with Gasteiger partial charge in [0.1, 0.15) is 5.75 Å². The predicted octanol–water partition coefficient (Wildman–Crippen LogP) is 3.64. The molecule has 0 spiro atoms. The third kappa shape index (κ3) is 3.26. The van der Waals surface area contributed by atoms with Gasteiger partial charge in [-0.15, -0.1) is 0 Å². The Bertz CT molecular complexity index is 282. The van der Waals surface area contributed by atoms with Crippen LogP contribution in [0.3, 0.4) is 0 Å². The molecular formula is C12H18OS. The maximum absolute atomic E-state index is 5.56. The molecule has 0 amide bonds. The summed E-state index contributed by atoms with van der Waals surface area (Å²) in [7, 11) is 0. The number of hydrogen-bond donors (Lipinski definition) is 1. The van der Waals surface area contributed by atoms with Crippen molar-refractivity contribution in [2.75, 3.05) is 0 Å². The molecule has 1 rings (SSSR count). The highest BCUT2D eigenvalue weighted by atomic mass is 32.1. The number of ether oxygens (including phenoxy) is 1. The average Bonchev–Trinajstić information content (AvgIpc) is 2.02. The van der Waals surface area contributed by atoms with Crippen LogP contribution < -0.4 is 4.74 Å². The molecule has 78 valence electrons. The van der Waals surface area contributed by atoms with Gasteiger partial charge in [-0.2, -0.15) is 12.6 Å². The van der Waals surface area contributed by atoms with Gasteiger partial charge in [-0.25, -0.2) is 0 Å². The van der Waals surface area contributed by atoms with Gasteiger partial charge in [0.15, 0.2) is 0 Å². The van der Waals surface area contributed by atoms with Crippen LogP contribution in [0.4, 0.5) is 0 Å². The van der Waals surface area contributed by atoms with Crippen LogP contribution in [0.5, 0.6) is 5.75 Å². The maximum Gasteiger partial charge on any atom is 0.119 e. The highest BCUT2D eigenvalue weighted by Gasteiger charge is 2.14. The first-order valence-corrected chi connectivity index (χ1v) is 5.34. The van der Waals surface area contributed by atoms with Gasteiger partial charge in [0.2, 0.25) is 0 Å². The average molecular weight is 210 g/mol. The summed E-state index contributed by atoms with van der Waals surface area (Å²) in [6.07, 6.45) is 0.227. The fraction of sp³-hybridized carbons (Fsp3) is 0.500. The molecule has 0 aliphatic carbocycles. The highest BCUT2D eigenvalue weighted by molar-refractivity contribution is 7.81. The third-order valence-corrected chi connectivity index (χ3v) is 2.19. The molecule has 0 N–H and O–H groups in total. The number of thiol groups is 1. The zero-order chi connectivity index (χ0) is 10.8. The SMILES string of the molecule is CC(C)Oc1ccc(C(C)(C)S)cc1.